The molecule has 1 aliphatic heterocycles. The fourth-order valence-electron chi connectivity index (χ4n) is 4.14. The number of carbonyl (C=O) groups excluding carboxylic acids is 1. The fraction of sp³-hybridized carbons (Fsp3) is 0.192. The van der Waals surface area contributed by atoms with E-state index < -0.39 is 0 Å². The van der Waals surface area contributed by atoms with Gasteiger partial charge in [-0.25, -0.2) is 19.9 Å². The van der Waals surface area contributed by atoms with E-state index >= 15 is 0 Å². The summed E-state index contributed by atoms with van der Waals surface area (Å²) in [5, 5.41) is 3.14. The number of nitrogens with one attached hydrogen (secondary N) is 1. The van der Waals surface area contributed by atoms with E-state index in [0.29, 0.717) is 23.9 Å². The summed E-state index contributed by atoms with van der Waals surface area (Å²) >= 11 is 0. The molecule has 0 bridgehead atoms. The van der Waals surface area contributed by atoms with Crippen LogP contribution in [0.1, 0.15) is 34.9 Å². The predicted octanol–water partition coefficient (Wildman–Crippen LogP) is 4.66. The van der Waals surface area contributed by atoms with Crippen LogP contribution in [0.2, 0.25) is 0 Å². The van der Waals surface area contributed by atoms with Gasteiger partial charge in [-0.05, 0) is 67.4 Å². The van der Waals surface area contributed by atoms with Gasteiger partial charge in [0.1, 0.15) is 5.75 Å². The van der Waals surface area contributed by atoms with E-state index in [1.54, 1.807) is 31.8 Å². The molecule has 0 spiro atoms. The summed E-state index contributed by atoms with van der Waals surface area (Å²) in [5.74, 6) is 1.87. The molecule has 0 aliphatic carbocycles. The number of likely N-dealkylation sites (tertiary alicyclic amines) is 1. The van der Waals surface area contributed by atoms with Gasteiger partial charge < -0.3 is 15.0 Å². The van der Waals surface area contributed by atoms with E-state index in [2.05, 4.69) is 20.3 Å². The van der Waals surface area contributed by atoms with Crippen LogP contribution in [0.15, 0.2) is 79.3 Å². The largest absolute Gasteiger partial charge is 0.497 e. The number of anilines is 2. The van der Waals surface area contributed by atoms with Gasteiger partial charge in [-0.15, -0.1) is 0 Å². The number of hydrogen-bond acceptors (Lipinski definition) is 7. The molecule has 2 aromatic carbocycles. The molecule has 3 heterocycles. The first-order valence-corrected chi connectivity index (χ1v) is 11.1. The van der Waals surface area contributed by atoms with Gasteiger partial charge in [0, 0.05) is 41.9 Å². The maximum Gasteiger partial charge on any atom is 0.254 e. The average molecular weight is 453 g/mol. The van der Waals surface area contributed by atoms with Crippen LogP contribution in [0.3, 0.4) is 0 Å². The Morgan fingerprint density at radius 2 is 1.82 bits per heavy atom. The first kappa shape index (κ1) is 21.5. The van der Waals surface area contributed by atoms with Gasteiger partial charge in [-0.2, -0.15) is 0 Å². The van der Waals surface area contributed by atoms with Crippen molar-refractivity contribution in [3.8, 4) is 17.1 Å². The Balaban J connectivity index is 1.37. The molecule has 0 unspecified atom stereocenters. The van der Waals surface area contributed by atoms with E-state index in [0.717, 1.165) is 35.5 Å². The topological polar surface area (TPSA) is 93.1 Å². The number of benzene rings is 2. The molecule has 4 aromatic rings. The zero-order valence-corrected chi connectivity index (χ0v) is 18.8. The molecule has 1 saturated heterocycles. The molecule has 170 valence electrons. The Labute approximate surface area is 197 Å². The van der Waals surface area contributed by atoms with Crippen LogP contribution in [-0.4, -0.2) is 44.4 Å². The fourth-order valence-corrected chi connectivity index (χ4v) is 4.14. The van der Waals surface area contributed by atoms with E-state index in [9.17, 15) is 4.79 Å². The van der Waals surface area contributed by atoms with Crippen LogP contribution in [0.4, 0.5) is 11.6 Å². The standard InChI is InChI=1S/C26H24N6O2/c1-34-21-10-8-18(9-11-21)24-27-15-12-22(31-24)23-7-3-16-32(23)25(33)19-5-2-6-20(17-19)30-26-28-13-4-14-29-26/h2,4-6,8-15,17,23H,3,7,16H2,1H3,(H,28,29,30)/t23-/m0/s1. The molecule has 0 radical (unpaired) electrons. The lowest BCUT2D eigenvalue weighted by molar-refractivity contribution is 0.0733. The molecule has 1 N–H and O–H groups in total. The molecule has 8 heteroatoms. The first-order chi connectivity index (χ1) is 16.7. The Morgan fingerprint density at radius 3 is 2.62 bits per heavy atom. The maximum absolute atomic E-state index is 13.5. The minimum Gasteiger partial charge on any atom is -0.497 e. The van der Waals surface area contributed by atoms with Crippen LogP contribution in [-0.2, 0) is 0 Å². The lowest BCUT2D eigenvalue weighted by Gasteiger charge is -2.25. The molecule has 1 amide bonds. The second kappa shape index (κ2) is 9.66. The highest BCUT2D eigenvalue weighted by Gasteiger charge is 2.32. The Kier molecular flexibility index (Phi) is 6.11. The highest BCUT2D eigenvalue weighted by Crippen LogP contribution is 2.33. The van der Waals surface area contributed by atoms with Crippen molar-refractivity contribution in [2.24, 2.45) is 0 Å². The van der Waals surface area contributed by atoms with Crippen molar-refractivity contribution in [1.82, 2.24) is 24.8 Å². The number of aromatic nitrogens is 4. The van der Waals surface area contributed by atoms with Crippen LogP contribution in [0.25, 0.3) is 11.4 Å². The van der Waals surface area contributed by atoms with Gasteiger partial charge >= 0.3 is 0 Å². The zero-order valence-electron chi connectivity index (χ0n) is 18.8. The highest BCUT2D eigenvalue weighted by atomic mass is 16.5. The third kappa shape index (κ3) is 4.56. The summed E-state index contributed by atoms with van der Waals surface area (Å²) < 4.78 is 5.24. The monoisotopic (exact) mass is 452 g/mol. The second-order valence-corrected chi connectivity index (χ2v) is 7.97. The second-order valence-electron chi connectivity index (χ2n) is 7.97. The van der Waals surface area contributed by atoms with Crippen LogP contribution in [0.5, 0.6) is 5.75 Å². The summed E-state index contributed by atoms with van der Waals surface area (Å²) in [5.41, 5.74) is 3.12. The molecular formula is C26H24N6O2. The van der Waals surface area contributed by atoms with Crippen LogP contribution >= 0.6 is 0 Å². The number of ether oxygens (including phenoxy) is 1. The quantitative estimate of drug-likeness (QED) is 0.455. The Hall–Kier alpha value is -4.33. The van der Waals surface area contributed by atoms with Crippen molar-refractivity contribution in [2.75, 3.05) is 19.0 Å². The van der Waals surface area contributed by atoms with Gasteiger partial charge in [0.05, 0.1) is 18.8 Å². The maximum atomic E-state index is 13.5. The van der Waals surface area contributed by atoms with Gasteiger partial charge in [0.2, 0.25) is 5.95 Å². The third-order valence-electron chi connectivity index (χ3n) is 5.81. The van der Waals surface area contributed by atoms with E-state index in [4.69, 9.17) is 9.72 Å². The van der Waals surface area contributed by atoms with Crippen LogP contribution < -0.4 is 10.1 Å². The summed E-state index contributed by atoms with van der Waals surface area (Å²) in [6, 6.07) is 18.6. The number of methoxy groups -OCH3 is 1. The van der Waals surface area contributed by atoms with Crippen molar-refractivity contribution in [3.05, 3.63) is 90.5 Å². The molecule has 1 fully saturated rings. The zero-order chi connectivity index (χ0) is 23.3. The van der Waals surface area contributed by atoms with Gasteiger partial charge in [-0.1, -0.05) is 6.07 Å². The Morgan fingerprint density at radius 1 is 1.00 bits per heavy atom. The SMILES string of the molecule is COc1ccc(-c2nccc([C@@H]3CCCN3C(=O)c3cccc(Nc4ncccn4)c3)n2)cc1. The number of hydrogen-bond donors (Lipinski definition) is 1. The molecule has 1 atom stereocenters. The number of nitrogens with zero attached hydrogens (tertiary/aromatic N) is 5. The van der Waals surface area contributed by atoms with Gasteiger partial charge in [0.25, 0.3) is 5.91 Å². The average Bonchev–Trinajstić information content (AvgIpc) is 3.39. The molecule has 8 nitrogen and oxygen atoms in total. The van der Waals surface area contributed by atoms with Crippen molar-refractivity contribution >= 4 is 17.5 Å². The summed E-state index contributed by atoms with van der Waals surface area (Å²) in [7, 11) is 1.64. The number of rotatable bonds is 6. The van der Waals surface area contributed by atoms with Crippen molar-refractivity contribution < 1.29 is 9.53 Å². The minimum absolute atomic E-state index is 0.0234. The summed E-state index contributed by atoms with van der Waals surface area (Å²) in [4.78, 5) is 33.0. The minimum atomic E-state index is -0.0958. The number of amides is 1. The summed E-state index contributed by atoms with van der Waals surface area (Å²) in [6.45, 7) is 0.685. The molecule has 2 aromatic heterocycles. The van der Waals surface area contributed by atoms with E-state index in [-0.39, 0.29) is 11.9 Å². The Bertz CT molecular complexity index is 1280. The lowest BCUT2D eigenvalue weighted by atomic mass is 10.1. The molecule has 5 rings (SSSR count). The van der Waals surface area contributed by atoms with Crippen molar-refractivity contribution in [1.29, 1.82) is 0 Å². The van der Waals surface area contributed by atoms with Crippen molar-refractivity contribution in [3.63, 3.8) is 0 Å². The van der Waals surface area contributed by atoms with Crippen LogP contribution in [0, 0.1) is 0 Å². The van der Waals surface area contributed by atoms with Crippen molar-refractivity contribution in [2.45, 2.75) is 18.9 Å². The smallest absolute Gasteiger partial charge is 0.254 e. The normalized spacial score (nSPS) is 15.2. The van der Waals surface area contributed by atoms with E-state index in [1.165, 1.54) is 0 Å². The highest BCUT2D eigenvalue weighted by molar-refractivity contribution is 5.95. The van der Waals surface area contributed by atoms with Gasteiger partial charge in [-0.3, -0.25) is 4.79 Å². The molecule has 0 saturated carbocycles. The number of carbonyl (C=O) groups is 1. The van der Waals surface area contributed by atoms with Gasteiger partial charge in [0.15, 0.2) is 5.82 Å². The summed E-state index contributed by atoms with van der Waals surface area (Å²) in [6.07, 6.45) is 6.88. The molecule has 34 heavy (non-hydrogen) atoms. The third-order valence-corrected chi connectivity index (χ3v) is 5.81. The molecule has 1 aliphatic rings. The first-order valence-electron chi connectivity index (χ1n) is 11.1. The lowest BCUT2D eigenvalue weighted by Crippen LogP contribution is -2.31. The predicted molar refractivity (Wildman–Crippen MR) is 129 cm³/mol. The van der Waals surface area contributed by atoms with E-state index in [1.807, 2.05) is 59.5 Å². The molecular weight excluding hydrogens is 428 g/mol.